The van der Waals surface area contributed by atoms with E-state index in [1.54, 1.807) is 13.8 Å². The van der Waals surface area contributed by atoms with Gasteiger partial charge in [0.2, 0.25) is 17.7 Å². The lowest BCUT2D eigenvalue weighted by Gasteiger charge is -2.33. The molecule has 0 unspecified atom stereocenters. The van der Waals surface area contributed by atoms with Gasteiger partial charge in [0.05, 0.1) is 25.2 Å². The lowest BCUT2D eigenvalue weighted by Crippen LogP contribution is -2.53. The zero-order chi connectivity index (χ0) is 31.8. The van der Waals surface area contributed by atoms with E-state index >= 15 is 0 Å². The first-order chi connectivity index (χ1) is 20.6. The summed E-state index contributed by atoms with van der Waals surface area (Å²) in [5, 5.41) is 18.1. The highest BCUT2D eigenvalue weighted by Crippen LogP contribution is 2.27. The summed E-state index contributed by atoms with van der Waals surface area (Å²) in [5.41, 5.74) is 0.995. The van der Waals surface area contributed by atoms with Crippen LogP contribution < -0.4 is 16.0 Å². The van der Waals surface area contributed by atoms with Gasteiger partial charge in [-0.05, 0) is 37.2 Å². The van der Waals surface area contributed by atoms with Gasteiger partial charge < -0.3 is 30.5 Å². The molecule has 0 radical (unpaired) electrons. The van der Waals surface area contributed by atoms with E-state index in [4.69, 9.17) is 9.47 Å². The molecule has 0 bridgehead atoms. The Morgan fingerprint density at radius 2 is 1.67 bits per heavy atom. The standard InChI is InChI=1S/C33H51N3O7/c1-6-7-8-10-13-23(4)30-27(18-19-42-21-25-14-11-9-12-15-25)32(40)35-26(20-37)16-17-28(38)34-24(5)31(39)36-29(22(2)3)33(41)43-30/h9,11-12,14-17,22-24,26-27,29-30,37H,6-8,10,13,18-21H2,1-5H3,(H,34,38)(H,35,40)(H,36,39)/b17-16+/t23-,24-,26-,27+,29+,30+/m1/s1. The van der Waals surface area contributed by atoms with Gasteiger partial charge in [0.15, 0.2) is 0 Å². The molecular weight excluding hydrogens is 550 g/mol. The third-order valence-electron chi connectivity index (χ3n) is 7.72. The number of nitrogens with one attached hydrogen (secondary N) is 3. The number of cyclic esters (lactones) is 1. The van der Waals surface area contributed by atoms with Crippen molar-refractivity contribution in [3.63, 3.8) is 0 Å². The van der Waals surface area contributed by atoms with E-state index in [1.165, 1.54) is 19.1 Å². The summed E-state index contributed by atoms with van der Waals surface area (Å²) < 4.78 is 12.1. The van der Waals surface area contributed by atoms with Crippen LogP contribution in [0.3, 0.4) is 0 Å². The van der Waals surface area contributed by atoms with E-state index in [9.17, 15) is 24.3 Å². The molecule has 1 heterocycles. The molecule has 3 amide bonds. The second kappa shape index (κ2) is 19.1. The van der Waals surface area contributed by atoms with Crippen LogP contribution in [0.2, 0.25) is 0 Å². The highest BCUT2D eigenvalue weighted by molar-refractivity contribution is 5.94. The van der Waals surface area contributed by atoms with Crippen molar-refractivity contribution >= 4 is 23.7 Å². The SMILES string of the molecule is CCCCCC[C@@H](C)[C@@H]1OC(=O)[C@H](C(C)C)NC(=O)[C@@H](C)NC(=O)/C=C/[C@H](CO)NC(=O)[C@H]1CCOCc1ccccc1. The molecule has 0 aliphatic carbocycles. The molecule has 0 spiro atoms. The molecule has 6 atom stereocenters. The minimum atomic E-state index is -0.981. The number of ether oxygens (including phenoxy) is 2. The highest BCUT2D eigenvalue weighted by Gasteiger charge is 2.38. The average molecular weight is 602 g/mol. The number of benzene rings is 1. The first-order valence-electron chi connectivity index (χ1n) is 15.6. The number of amides is 3. The molecule has 0 saturated heterocycles. The molecule has 2 rings (SSSR count). The van der Waals surface area contributed by atoms with Gasteiger partial charge >= 0.3 is 5.97 Å². The van der Waals surface area contributed by atoms with Crippen molar-refractivity contribution in [2.45, 2.75) is 104 Å². The van der Waals surface area contributed by atoms with Crippen molar-refractivity contribution in [3.05, 3.63) is 48.0 Å². The summed E-state index contributed by atoms with van der Waals surface area (Å²) in [5.74, 6) is -3.44. The van der Waals surface area contributed by atoms with Crippen molar-refractivity contribution in [1.82, 2.24) is 16.0 Å². The monoisotopic (exact) mass is 601 g/mol. The Kier molecular flexibility index (Phi) is 16.0. The van der Waals surface area contributed by atoms with Crippen molar-refractivity contribution in [3.8, 4) is 0 Å². The van der Waals surface area contributed by atoms with E-state index in [-0.39, 0.29) is 24.9 Å². The van der Waals surface area contributed by atoms with E-state index < -0.39 is 60.4 Å². The van der Waals surface area contributed by atoms with Gasteiger partial charge in [-0.25, -0.2) is 4.79 Å². The number of esters is 1. The minimum Gasteiger partial charge on any atom is -0.460 e. The molecule has 10 heteroatoms. The summed E-state index contributed by atoms with van der Waals surface area (Å²) in [6.07, 6.45) is 6.86. The number of carbonyl (C=O) groups excluding carboxylic acids is 4. The number of rotatable bonds is 13. The van der Waals surface area contributed by atoms with Crippen LogP contribution in [0, 0.1) is 17.8 Å². The van der Waals surface area contributed by atoms with Gasteiger partial charge in [-0.2, -0.15) is 0 Å². The molecule has 10 nitrogen and oxygen atoms in total. The van der Waals surface area contributed by atoms with E-state index in [2.05, 4.69) is 22.9 Å². The molecule has 1 aliphatic rings. The van der Waals surface area contributed by atoms with Crippen LogP contribution >= 0.6 is 0 Å². The number of aliphatic hydroxyl groups excluding tert-OH is 1. The fourth-order valence-electron chi connectivity index (χ4n) is 5.03. The lowest BCUT2D eigenvalue weighted by atomic mass is 9.85. The second-order valence-electron chi connectivity index (χ2n) is 11.8. The van der Waals surface area contributed by atoms with Gasteiger partial charge in [-0.1, -0.05) is 89.8 Å². The summed E-state index contributed by atoms with van der Waals surface area (Å²) in [6, 6.07) is 6.91. The maximum atomic E-state index is 13.8. The number of hydrogen-bond donors (Lipinski definition) is 4. The van der Waals surface area contributed by atoms with Gasteiger partial charge in [0.25, 0.3) is 0 Å². The predicted octanol–water partition coefficient (Wildman–Crippen LogP) is 3.42. The van der Waals surface area contributed by atoms with Gasteiger partial charge in [-0.15, -0.1) is 0 Å². The number of carbonyl (C=O) groups is 4. The molecule has 1 aliphatic heterocycles. The fourth-order valence-corrected chi connectivity index (χ4v) is 5.03. The average Bonchev–Trinajstić information content (AvgIpc) is 2.98. The summed E-state index contributed by atoms with van der Waals surface area (Å²) >= 11 is 0. The quantitative estimate of drug-likeness (QED) is 0.200. The maximum Gasteiger partial charge on any atom is 0.329 e. The Balaban J connectivity index is 2.43. The zero-order valence-electron chi connectivity index (χ0n) is 26.3. The van der Waals surface area contributed by atoms with Gasteiger partial charge in [0.1, 0.15) is 18.2 Å². The Labute approximate surface area is 256 Å². The largest absolute Gasteiger partial charge is 0.460 e. The predicted molar refractivity (Wildman–Crippen MR) is 165 cm³/mol. The Morgan fingerprint density at radius 3 is 2.33 bits per heavy atom. The molecule has 1 aromatic carbocycles. The van der Waals surface area contributed by atoms with Crippen LogP contribution in [0.4, 0.5) is 0 Å². The maximum absolute atomic E-state index is 13.8. The molecular formula is C33H51N3O7. The van der Waals surface area contributed by atoms with Crippen LogP contribution in [0.15, 0.2) is 42.5 Å². The fraction of sp³-hybridized carbons (Fsp3) is 0.636. The van der Waals surface area contributed by atoms with Gasteiger partial charge in [0, 0.05) is 12.7 Å². The summed E-state index contributed by atoms with van der Waals surface area (Å²) in [7, 11) is 0. The molecule has 240 valence electrons. The molecule has 0 fully saturated rings. The highest BCUT2D eigenvalue weighted by atomic mass is 16.5. The van der Waals surface area contributed by atoms with Crippen molar-refractivity contribution in [2.24, 2.45) is 17.8 Å². The number of hydrogen-bond acceptors (Lipinski definition) is 7. The molecule has 0 saturated carbocycles. The molecule has 1 aromatic rings. The number of aliphatic hydroxyl groups is 1. The zero-order valence-corrected chi connectivity index (χ0v) is 26.3. The Bertz CT molecular complexity index is 1050. The van der Waals surface area contributed by atoms with Crippen molar-refractivity contribution < 1.29 is 33.8 Å². The van der Waals surface area contributed by atoms with Crippen LogP contribution in [0.25, 0.3) is 0 Å². The molecule has 43 heavy (non-hydrogen) atoms. The molecule has 0 aromatic heterocycles. The number of unbranched alkanes of at least 4 members (excludes halogenated alkanes) is 3. The minimum absolute atomic E-state index is 0.171. The van der Waals surface area contributed by atoms with Crippen LogP contribution in [0.5, 0.6) is 0 Å². The van der Waals surface area contributed by atoms with Crippen LogP contribution in [-0.2, 0) is 35.3 Å². The topological polar surface area (TPSA) is 143 Å². The van der Waals surface area contributed by atoms with Crippen molar-refractivity contribution in [1.29, 1.82) is 0 Å². The summed E-state index contributed by atoms with van der Waals surface area (Å²) in [6.45, 7) is 9.36. The third-order valence-corrected chi connectivity index (χ3v) is 7.72. The van der Waals surface area contributed by atoms with Crippen LogP contribution in [-0.4, -0.2) is 66.2 Å². The van der Waals surface area contributed by atoms with E-state index in [1.807, 2.05) is 37.3 Å². The normalized spacial score (nSPS) is 25.5. The first kappa shape index (κ1) is 36.0. The smallest absolute Gasteiger partial charge is 0.329 e. The van der Waals surface area contributed by atoms with E-state index in [0.717, 1.165) is 37.7 Å². The van der Waals surface area contributed by atoms with E-state index in [0.29, 0.717) is 6.61 Å². The van der Waals surface area contributed by atoms with Crippen LogP contribution in [0.1, 0.15) is 78.7 Å². The Morgan fingerprint density at radius 1 is 0.953 bits per heavy atom. The Hall–Kier alpha value is -3.24. The summed E-state index contributed by atoms with van der Waals surface area (Å²) in [4.78, 5) is 52.8. The third kappa shape index (κ3) is 12.5. The lowest BCUT2D eigenvalue weighted by molar-refractivity contribution is -0.163. The van der Waals surface area contributed by atoms with Gasteiger partial charge in [-0.3, -0.25) is 14.4 Å². The first-order valence-corrected chi connectivity index (χ1v) is 15.6. The molecule has 4 N–H and O–H groups in total. The second-order valence-corrected chi connectivity index (χ2v) is 11.8. The van der Waals surface area contributed by atoms with Crippen molar-refractivity contribution in [2.75, 3.05) is 13.2 Å².